The topological polar surface area (TPSA) is 63.5 Å². The second kappa shape index (κ2) is 5.79. The number of benzene rings is 1. The fourth-order valence-corrected chi connectivity index (χ4v) is 2.47. The van der Waals surface area contributed by atoms with Gasteiger partial charge in [-0.05, 0) is 30.3 Å². The van der Waals surface area contributed by atoms with Crippen molar-refractivity contribution in [3.63, 3.8) is 0 Å². The van der Waals surface area contributed by atoms with Gasteiger partial charge in [-0.25, -0.2) is 4.98 Å². The summed E-state index contributed by atoms with van der Waals surface area (Å²) in [5.74, 6) is -0.503. The molecule has 7 heteroatoms. The highest BCUT2D eigenvalue weighted by Gasteiger charge is 2.13. The molecular formula is C15H9Cl2N3O2. The lowest BCUT2D eigenvalue weighted by atomic mass is 10.2. The minimum absolute atomic E-state index is 0.0692. The second-order valence-corrected chi connectivity index (χ2v) is 5.33. The van der Waals surface area contributed by atoms with E-state index in [2.05, 4.69) is 10.3 Å². The van der Waals surface area contributed by atoms with Gasteiger partial charge < -0.3 is 5.32 Å². The van der Waals surface area contributed by atoms with Crippen LogP contribution in [0.1, 0.15) is 10.4 Å². The number of carbonyl (C=O) groups excluding carboxylic acids is 1. The minimum atomic E-state index is -0.503. The molecule has 3 rings (SSSR count). The Balaban J connectivity index is 1.98. The molecule has 0 radical (unpaired) electrons. The zero-order valence-electron chi connectivity index (χ0n) is 11.1. The third-order valence-corrected chi connectivity index (χ3v) is 3.59. The van der Waals surface area contributed by atoms with E-state index < -0.39 is 5.91 Å². The summed E-state index contributed by atoms with van der Waals surface area (Å²) in [7, 11) is 0. The van der Waals surface area contributed by atoms with Gasteiger partial charge in [0.25, 0.3) is 11.5 Å². The van der Waals surface area contributed by atoms with E-state index in [9.17, 15) is 9.59 Å². The number of anilines is 1. The van der Waals surface area contributed by atoms with E-state index in [1.165, 1.54) is 22.7 Å². The average Bonchev–Trinajstić information content (AvgIpc) is 2.50. The van der Waals surface area contributed by atoms with Gasteiger partial charge in [0.05, 0.1) is 16.8 Å². The van der Waals surface area contributed by atoms with Crippen molar-refractivity contribution < 1.29 is 4.79 Å². The van der Waals surface area contributed by atoms with Crippen LogP contribution in [0.4, 0.5) is 5.69 Å². The largest absolute Gasteiger partial charge is 0.316 e. The van der Waals surface area contributed by atoms with E-state index in [-0.39, 0.29) is 21.8 Å². The molecule has 3 aromatic rings. The van der Waals surface area contributed by atoms with Crippen LogP contribution in [0.25, 0.3) is 5.65 Å². The number of amides is 1. The monoisotopic (exact) mass is 333 g/mol. The Morgan fingerprint density at radius 1 is 1.18 bits per heavy atom. The van der Waals surface area contributed by atoms with Crippen LogP contribution in [0.5, 0.6) is 0 Å². The molecule has 0 saturated carbocycles. The Morgan fingerprint density at radius 2 is 2.00 bits per heavy atom. The fourth-order valence-electron chi connectivity index (χ4n) is 1.98. The number of nitrogens with one attached hydrogen (secondary N) is 1. The van der Waals surface area contributed by atoms with Crippen LogP contribution in [0.3, 0.4) is 0 Å². The SMILES string of the molecule is O=C(Nc1cnc2ccccn2c1=O)c1ccc(Cl)cc1Cl. The Kier molecular flexibility index (Phi) is 3.83. The van der Waals surface area contributed by atoms with E-state index in [1.807, 2.05) is 0 Å². The second-order valence-electron chi connectivity index (χ2n) is 4.48. The molecule has 0 aliphatic heterocycles. The molecular weight excluding hydrogens is 325 g/mol. The van der Waals surface area contributed by atoms with Crippen LogP contribution in [-0.2, 0) is 0 Å². The molecule has 22 heavy (non-hydrogen) atoms. The lowest BCUT2D eigenvalue weighted by Gasteiger charge is -2.07. The summed E-state index contributed by atoms with van der Waals surface area (Å²) in [6, 6.07) is 9.68. The molecule has 0 unspecified atom stereocenters. The summed E-state index contributed by atoms with van der Waals surface area (Å²) < 4.78 is 1.35. The lowest BCUT2D eigenvalue weighted by Crippen LogP contribution is -2.23. The number of hydrogen-bond acceptors (Lipinski definition) is 3. The first-order valence-corrected chi connectivity index (χ1v) is 7.04. The molecule has 0 bridgehead atoms. The summed E-state index contributed by atoms with van der Waals surface area (Å²) >= 11 is 11.8. The Morgan fingerprint density at radius 3 is 2.77 bits per heavy atom. The van der Waals surface area contributed by atoms with Gasteiger partial charge in [-0.1, -0.05) is 29.3 Å². The average molecular weight is 334 g/mol. The van der Waals surface area contributed by atoms with Crippen LogP contribution in [-0.4, -0.2) is 15.3 Å². The summed E-state index contributed by atoms with van der Waals surface area (Å²) in [6.45, 7) is 0. The van der Waals surface area contributed by atoms with Crippen molar-refractivity contribution in [1.82, 2.24) is 9.38 Å². The van der Waals surface area contributed by atoms with Crippen molar-refractivity contribution in [1.29, 1.82) is 0 Å². The van der Waals surface area contributed by atoms with Gasteiger partial charge in [0.2, 0.25) is 0 Å². The maximum absolute atomic E-state index is 12.3. The molecule has 0 saturated heterocycles. The van der Waals surface area contributed by atoms with Gasteiger partial charge in [-0.3, -0.25) is 14.0 Å². The number of aromatic nitrogens is 2. The highest BCUT2D eigenvalue weighted by Crippen LogP contribution is 2.21. The zero-order chi connectivity index (χ0) is 15.7. The van der Waals surface area contributed by atoms with Gasteiger partial charge in [-0.2, -0.15) is 0 Å². The number of hydrogen-bond donors (Lipinski definition) is 1. The quantitative estimate of drug-likeness (QED) is 0.782. The van der Waals surface area contributed by atoms with Crippen LogP contribution in [0.2, 0.25) is 10.0 Å². The Bertz CT molecular complexity index is 937. The summed E-state index contributed by atoms with van der Waals surface area (Å²) in [5.41, 5.74) is 0.419. The van der Waals surface area contributed by atoms with Gasteiger partial charge in [0, 0.05) is 11.2 Å². The number of nitrogens with zero attached hydrogens (tertiary/aromatic N) is 2. The maximum Gasteiger partial charge on any atom is 0.281 e. The molecule has 0 aliphatic rings. The van der Waals surface area contributed by atoms with Gasteiger partial charge >= 0.3 is 0 Å². The third kappa shape index (κ3) is 2.68. The van der Waals surface area contributed by atoms with E-state index >= 15 is 0 Å². The van der Waals surface area contributed by atoms with Crippen molar-refractivity contribution in [2.45, 2.75) is 0 Å². The van der Waals surface area contributed by atoms with Gasteiger partial charge in [-0.15, -0.1) is 0 Å². The van der Waals surface area contributed by atoms with E-state index in [4.69, 9.17) is 23.2 Å². The van der Waals surface area contributed by atoms with E-state index in [0.717, 1.165) is 0 Å². The molecule has 1 aromatic carbocycles. The van der Waals surface area contributed by atoms with Crippen molar-refractivity contribution in [2.75, 3.05) is 5.32 Å². The number of pyridine rings is 1. The Labute approximate surface area is 135 Å². The minimum Gasteiger partial charge on any atom is -0.316 e. The van der Waals surface area contributed by atoms with Crippen LogP contribution < -0.4 is 10.9 Å². The molecule has 2 heterocycles. The summed E-state index contributed by atoms with van der Waals surface area (Å²) in [6.07, 6.45) is 2.90. The number of rotatable bonds is 2. The molecule has 0 aliphatic carbocycles. The number of halogens is 2. The molecule has 0 fully saturated rings. The number of fused-ring (bicyclic) bond motifs is 1. The van der Waals surface area contributed by atoms with Gasteiger partial charge in [0.1, 0.15) is 11.3 Å². The molecule has 110 valence electrons. The summed E-state index contributed by atoms with van der Waals surface area (Å²) in [5, 5.41) is 3.15. The van der Waals surface area contributed by atoms with Crippen LogP contribution >= 0.6 is 23.2 Å². The molecule has 0 spiro atoms. The first kappa shape index (κ1) is 14.6. The Hall–Kier alpha value is -2.37. The van der Waals surface area contributed by atoms with Crippen molar-refractivity contribution in [2.24, 2.45) is 0 Å². The van der Waals surface area contributed by atoms with Crippen molar-refractivity contribution in [3.05, 3.63) is 74.8 Å². The number of carbonyl (C=O) groups is 1. The molecule has 1 N–H and O–H groups in total. The fraction of sp³-hybridized carbons (Fsp3) is 0. The smallest absolute Gasteiger partial charge is 0.281 e. The standard InChI is InChI=1S/C15H9Cl2N3O2/c16-9-4-5-10(11(17)7-9)14(21)19-12-8-18-13-3-1-2-6-20(13)15(12)22/h1-8H,(H,19,21). The first-order chi connectivity index (χ1) is 10.6. The van der Waals surface area contributed by atoms with Crippen molar-refractivity contribution in [3.8, 4) is 0 Å². The predicted molar refractivity (Wildman–Crippen MR) is 85.9 cm³/mol. The molecule has 0 atom stereocenters. The molecule has 1 amide bonds. The van der Waals surface area contributed by atoms with E-state index in [0.29, 0.717) is 10.7 Å². The van der Waals surface area contributed by atoms with E-state index in [1.54, 1.807) is 30.5 Å². The molecule has 5 nitrogen and oxygen atoms in total. The van der Waals surface area contributed by atoms with Crippen LogP contribution in [0, 0.1) is 0 Å². The summed E-state index contributed by atoms with van der Waals surface area (Å²) in [4.78, 5) is 28.6. The highest BCUT2D eigenvalue weighted by molar-refractivity contribution is 6.37. The third-order valence-electron chi connectivity index (χ3n) is 3.04. The van der Waals surface area contributed by atoms with Crippen molar-refractivity contribution >= 4 is 40.4 Å². The van der Waals surface area contributed by atoms with Gasteiger partial charge in [0.15, 0.2) is 0 Å². The normalized spacial score (nSPS) is 10.6. The predicted octanol–water partition coefficient (Wildman–Crippen LogP) is 3.25. The first-order valence-electron chi connectivity index (χ1n) is 6.29. The highest BCUT2D eigenvalue weighted by atomic mass is 35.5. The van der Waals surface area contributed by atoms with Crippen LogP contribution in [0.15, 0.2) is 53.6 Å². The lowest BCUT2D eigenvalue weighted by molar-refractivity contribution is 0.102. The zero-order valence-corrected chi connectivity index (χ0v) is 12.6. The molecule has 2 aromatic heterocycles. The maximum atomic E-state index is 12.3.